The van der Waals surface area contributed by atoms with Crippen molar-refractivity contribution in [2.45, 2.75) is 37.1 Å². The first-order valence-corrected chi connectivity index (χ1v) is 10.6. The van der Waals surface area contributed by atoms with Crippen LogP contribution in [0.5, 0.6) is 0 Å². The van der Waals surface area contributed by atoms with Crippen LogP contribution in [-0.2, 0) is 16.2 Å². The molecule has 7 nitrogen and oxygen atoms in total. The molecule has 158 valence electrons. The van der Waals surface area contributed by atoms with Crippen molar-refractivity contribution >= 4 is 27.6 Å². The lowest BCUT2D eigenvalue weighted by Crippen LogP contribution is -2.40. The highest BCUT2D eigenvalue weighted by Gasteiger charge is 2.52. The highest BCUT2D eigenvalue weighted by molar-refractivity contribution is 7.91. The molecule has 11 heteroatoms. The molecule has 1 aromatic carbocycles. The fourth-order valence-corrected chi connectivity index (χ4v) is 5.03. The van der Waals surface area contributed by atoms with Crippen LogP contribution in [0.15, 0.2) is 12.1 Å². The fourth-order valence-electron chi connectivity index (χ4n) is 3.80. The molecular weight excluding hydrogens is 413 g/mol. The zero-order valence-electron chi connectivity index (χ0n) is 15.4. The normalized spacial score (nSPS) is 24.8. The van der Waals surface area contributed by atoms with Gasteiger partial charge in [-0.2, -0.15) is 13.2 Å². The number of alkyl halides is 3. The van der Waals surface area contributed by atoms with Gasteiger partial charge in [-0.15, -0.1) is 0 Å². The lowest BCUT2D eigenvalue weighted by molar-refractivity contribution is -0.137. The van der Waals surface area contributed by atoms with Crippen LogP contribution < -0.4 is 9.62 Å². The maximum absolute atomic E-state index is 13.7. The number of nitrogens with zero attached hydrogens (tertiary/aromatic N) is 1. The smallest absolute Gasteiger partial charge is 0.417 e. The Bertz CT molecular complexity index is 1010. The Morgan fingerprint density at radius 2 is 1.79 bits per heavy atom. The summed E-state index contributed by atoms with van der Waals surface area (Å²) in [5, 5.41) is 9.25. The van der Waals surface area contributed by atoms with Crippen LogP contribution in [0.4, 0.5) is 18.9 Å². The summed E-state index contributed by atoms with van der Waals surface area (Å²) in [6, 6.07) is 1.39. The molecule has 0 radical (unpaired) electrons. The molecule has 2 N–H and O–H groups in total. The molecule has 2 atom stereocenters. The van der Waals surface area contributed by atoms with E-state index in [-0.39, 0.29) is 5.69 Å². The monoisotopic (exact) mass is 432 g/mol. The van der Waals surface area contributed by atoms with Gasteiger partial charge in [0.15, 0.2) is 0 Å². The lowest BCUT2D eigenvalue weighted by atomic mass is 9.99. The molecule has 1 amide bonds. The standard InChI is InChI=1S/C18H19F3N2O5S/c1-17(2-3-17)29(27,28)22-15(24)14-12(18(19,20)21)5-9(16(25)26)6-13(14)23-7-10-4-11(10)8-23/h5-6,10-11H,2-4,7-8H2,1H3,(H,22,24)(H,25,26). The summed E-state index contributed by atoms with van der Waals surface area (Å²) in [6.07, 6.45) is -3.48. The first-order chi connectivity index (χ1) is 13.3. The Hall–Kier alpha value is -2.30. The minimum Gasteiger partial charge on any atom is -0.478 e. The number of rotatable bonds is 5. The van der Waals surface area contributed by atoms with E-state index >= 15 is 0 Å². The number of fused-ring (bicyclic) bond motifs is 1. The minimum atomic E-state index is -5.04. The summed E-state index contributed by atoms with van der Waals surface area (Å²) in [5.74, 6) is -2.37. The topological polar surface area (TPSA) is 104 Å². The Morgan fingerprint density at radius 3 is 2.28 bits per heavy atom. The Kier molecular flexibility index (Phi) is 4.21. The van der Waals surface area contributed by atoms with Gasteiger partial charge in [-0.25, -0.2) is 17.9 Å². The predicted octanol–water partition coefficient (Wildman–Crippen LogP) is 2.47. The minimum absolute atomic E-state index is 0.196. The second kappa shape index (κ2) is 6.10. The third kappa shape index (κ3) is 3.45. The van der Waals surface area contributed by atoms with E-state index in [4.69, 9.17) is 0 Å². The van der Waals surface area contributed by atoms with Gasteiger partial charge in [0.1, 0.15) is 0 Å². The number of carbonyl (C=O) groups is 2. The average Bonchev–Trinajstić information content (AvgIpc) is 3.51. The molecule has 2 saturated carbocycles. The third-order valence-electron chi connectivity index (χ3n) is 6.05. The lowest BCUT2D eigenvalue weighted by Gasteiger charge is -2.26. The summed E-state index contributed by atoms with van der Waals surface area (Å²) in [7, 11) is -4.17. The maximum Gasteiger partial charge on any atom is 0.417 e. The first-order valence-electron chi connectivity index (χ1n) is 9.12. The zero-order chi connectivity index (χ0) is 21.4. The molecule has 2 unspecified atom stereocenters. The van der Waals surface area contributed by atoms with Gasteiger partial charge < -0.3 is 10.0 Å². The number of anilines is 1. The van der Waals surface area contributed by atoms with E-state index in [0.29, 0.717) is 43.8 Å². The van der Waals surface area contributed by atoms with Gasteiger partial charge in [0.25, 0.3) is 5.91 Å². The Labute approximate surface area is 164 Å². The van der Waals surface area contributed by atoms with Crippen molar-refractivity contribution in [3.8, 4) is 0 Å². The van der Waals surface area contributed by atoms with Crippen LogP contribution >= 0.6 is 0 Å². The molecular formula is C18H19F3N2O5S. The second-order valence-electron chi connectivity index (χ2n) is 8.27. The van der Waals surface area contributed by atoms with Crippen molar-refractivity contribution < 1.29 is 36.3 Å². The zero-order valence-corrected chi connectivity index (χ0v) is 16.2. The summed E-state index contributed by atoms with van der Waals surface area (Å²) in [6.45, 7) is 2.21. The van der Waals surface area contributed by atoms with Crippen LogP contribution in [0, 0.1) is 11.8 Å². The van der Waals surface area contributed by atoms with Crippen LogP contribution in [-0.4, -0.2) is 43.2 Å². The molecule has 3 aliphatic rings. The van der Waals surface area contributed by atoms with E-state index in [1.54, 1.807) is 9.62 Å². The Balaban J connectivity index is 1.83. The number of carbonyl (C=O) groups excluding carboxylic acids is 1. The number of nitrogens with one attached hydrogen (secondary N) is 1. The SMILES string of the molecule is CC1(S(=O)(=O)NC(=O)c2c(N3CC4CC4C3)cc(C(=O)O)cc2C(F)(F)F)CC1. The number of carboxylic acids is 1. The van der Waals surface area contributed by atoms with Crippen molar-refractivity contribution in [1.82, 2.24) is 4.72 Å². The van der Waals surface area contributed by atoms with Crippen LogP contribution in [0.25, 0.3) is 0 Å². The molecule has 1 heterocycles. The van der Waals surface area contributed by atoms with E-state index in [1.165, 1.54) is 6.92 Å². The number of benzene rings is 1. The molecule has 0 aromatic heterocycles. The van der Waals surface area contributed by atoms with Crippen molar-refractivity contribution in [1.29, 1.82) is 0 Å². The van der Waals surface area contributed by atoms with Crippen molar-refractivity contribution in [2.24, 2.45) is 11.8 Å². The number of sulfonamides is 1. The highest BCUT2D eigenvalue weighted by Crippen LogP contribution is 2.48. The molecule has 29 heavy (non-hydrogen) atoms. The van der Waals surface area contributed by atoms with Gasteiger partial charge in [-0.1, -0.05) is 0 Å². The number of carboxylic acid groups (broad SMARTS) is 1. The van der Waals surface area contributed by atoms with E-state index < -0.39 is 49.5 Å². The number of halogens is 3. The van der Waals surface area contributed by atoms with E-state index in [0.717, 1.165) is 12.5 Å². The van der Waals surface area contributed by atoms with Gasteiger partial charge >= 0.3 is 12.1 Å². The average molecular weight is 432 g/mol. The second-order valence-corrected chi connectivity index (χ2v) is 10.5. The molecule has 1 saturated heterocycles. The summed E-state index contributed by atoms with van der Waals surface area (Å²) < 4.78 is 66.6. The fraction of sp³-hybridized carbons (Fsp3) is 0.556. The Morgan fingerprint density at radius 1 is 1.21 bits per heavy atom. The number of hydrogen-bond donors (Lipinski definition) is 2. The third-order valence-corrected chi connectivity index (χ3v) is 8.21. The van der Waals surface area contributed by atoms with Crippen molar-refractivity contribution in [3.63, 3.8) is 0 Å². The predicted molar refractivity (Wildman–Crippen MR) is 96.2 cm³/mol. The molecule has 1 aromatic rings. The van der Waals surface area contributed by atoms with Gasteiger partial charge in [0.05, 0.1) is 27.1 Å². The quantitative estimate of drug-likeness (QED) is 0.741. The molecule has 0 bridgehead atoms. The molecule has 1 aliphatic heterocycles. The highest BCUT2D eigenvalue weighted by atomic mass is 32.2. The number of hydrogen-bond acceptors (Lipinski definition) is 5. The van der Waals surface area contributed by atoms with Gasteiger partial charge in [0.2, 0.25) is 10.0 Å². The number of amides is 1. The van der Waals surface area contributed by atoms with Gasteiger partial charge in [-0.3, -0.25) is 4.79 Å². The van der Waals surface area contributed by atoms with Crippen LogP contribution in [0.3, 0.4) is 0 Å². The maximum atomic E-state index is 13.7. The van der Waals surface area contributed by atoms with E-state index in [1.807, 2.05) is 0 Å². The number of piperidine rings is 1. The van der Waals surface area contributed by atoms with Crippen LogP contribution in [0.2, 0.25) is 0 Å². The first kappa shape index (κ1) is 20.0. The summed E-state index contributed by atoms with van der Waals surface area (Å²) in [5.41, 5.74) is -3.11. The summed E-state index contributed by atoms with van der Waals surface area (Å²) in [4.78, 5) is 25.7. The van der Waals surface area contributed by atoms with Crippen LogP contribution in [0.1, 0.15) is 52.5 Å². The molecule has 3 fully saturated rings. The van der Waals surface area contributed by atoms with E-state index in [2.05, 4.69) is 0 Å². The van der Waals surface area contributed by atoms with Crippen molar-refractivity contribution in [3.05, 3.63) is 28.8 Å². The van der Waals surface area contributed by atoms with E-state index in [9.17, 15) is 36.3 Å². The summed E-state index contributed by atoms with van der Waals surface area (Å²) >= 11 is 0. The number of aromatic carboxylic acids is 1. The van der Waals surface area contributed by atoms with Gasteiger partial charge in [-0.05, 0) is 50.2 Å². The van der Waals surface area contributed by atoms with Gasteiger partial charge in [0, 0.05) is 13.1 Å². The largest absolute Gasteiger partial charge is 0.478 e. The molecule has 4 rings (SSSR count). The molecule has 0 spiro atoms. The molecule has 2 aliphatic carbocycles. The van der Waals surface area contributed by atoms with Crippen molar-refractivity contribution in [2.75, 3.05) is 18.0 Å².